The molecule has 2 saturated heterocycles. The first-order valence-electron chi connectivity index (χ1n) is 8.90. The summed E-state index contributed by atoms with van der Waals surface area (Å²) in [5.41, 5.74) is 0.689. The Bertz CT molecular complexity index is 540. The Balaban J connectivity index is 1.38. The third kappa shape index (κ3) is 5.18. The SMILES string of the molecule is O=C(CN1CCN(CC2CCNCC2)CC1)Nc1ccccc1Cl. The molecule has 0 aliphatic carbocycles. The molecule has 0 atom stereocenters. The molecule has 6 heteroatoms. The minimum Gasteiger partial charge on any atom is -0.324 e. The molecular weight excluding hydrogens is 324 g/mol. The quantitative estimate of drug-likeness (QED) is 0.851. The fraction of sp³-hybridized carbons (Fsp3) is 0.611. The number of rotatable bonds is 5. The molecule has 2 fully saturated rings. The number of hydrogen-bond acceptors (Lipinski definition) is 4. The molecule has 2 aliphatic heterocycles. The van der Waals surface area contributed by atoms with Crippen molar-refractivity contribution in [2.45, 2.75) is 12.8 Å². The van der Waals surface area contributed by atoms with Gasteiger partial charge in [0.25, 0.3) is 0 Å². The molecule has 24 heavy (non-hydrogen) atoms. The molecule has 2 N–H and O–H groups in total. The molecule has 1 aromatic carbocycles. The van der Waals surface area contributed by atoms with Crippen molar-refractivity contribution in [2.75, 3.05) is 57.7 Å². The molecule has 0 saturated carbocycles. The van der Waals surface area contributed by atoms with E-state index in [1.54, 1.807) is 6.07 Å². The minimum absolute atomic E-state index is 0.00917. The number of para-hydroxylation sites is 1. The van der Waals surface area contributed by atoms with Crippen LogP contribution in [0.2, 0.25) is 5.02 Å². The highest BCUT2D eigenvalue weighted by atomic mass is 35.5. The van der Waals surface area contributed by atoms with Gasteiger partial charge < -0.3 is 15.5 Å². The third-order valence-corrected chi connectivity index (χ3v) is 5.28. The molecule has 5 nitrogen and oxygen atoms in total. The van der Waals surface area contributed by atoms with Crippen molar-refractivity contribution < 1.29 is 4.79 Å². The molecule has 0 spiro atoms. The number of anilines is 1. The van der Waals surface area contributed by atoms with Gasteiger partial charge in [-0.05, 0) is 44.0 Å². The van der Waals surface area contributed by atoms with Crippen LogP contribution in [-0.4, -0.2) is 68.1 Å². The summed E-state index contributed by atoms with van der Waals surface area (Å²) in [5.74, 6) is 0.844. The van der Waals surface area contributed by atoms with E-state index in [2.05, 4.69) is 20.4 Å². The molecule has 0 radical (unpaired) electrons. The van der Waals surface area contributed by atoms with Gasteiger partial charge in [-0.25, -0.2) is 0 Å². The lowest BCUT2D eigenvalue weighted by Gasteiger charge is -2.37. The number of nitrogens with one attached hydrogen (secondary N) is 2. The lowest BCUT2D eigenvalue weighted by Crippen LogP contribution is -2.50. The van der Waals surface area contributed by atoms with Crippen LogP contribution < -0.4 is 10.6 Å². The Hall–Kier alpha value is -1.14. The molecule has 132 valence electrons. The van der Waals surface area contributed by atoms with Crippen molar-refractivity contribution in [3.05, 3.63) is 29.3 Å². The van der Waals surface area contributed by atoms with Gasteiger partial charge in [0.05, 0.1) is 17.3 Å². The normalized spacial score (nSPS) is 20.9. The van der Waals surface area contributed by atoms with Crippen LogP contribution >= 0.6 is 11.6 Å². The first kappa shape index (κ1) is 17.7. The van der Waals surface area contributed by atoms with Crippen molar-refractivity contribution in [3.8, 4) is 0 Å². The average Bonchev–Trinajstić information content (AvgIpc) is 2.60. The van der Waals surface area contributed by atoms with E-state index >= 15 is 0 Å². The number of benzene rings is 1. The number of nitrogens with zero attached hydrogens (tertiary/aromatic N) is 2. The maximum atomic E-state index is 12.2. The summed E-state index contributed by atoms with van der Waals surface area (Å²) in [6, 6.07) is 7.36. The maximum absolute atomic E-state index is 12.2. The number of carbonyl (C=O) groups excluding carboxylic acids is 1. The first-order valence-corrected chi connectivity index (χ1v) is 9.28. The molecule has 1 amide bonds. The van der Waals surface area contributed by atoms with Crippen molar-refractivity contribution in [3.63, 3.8) is 0 Å². The van der Waals surface area contributed by atoms with Crippen LogP contribution in [0.1, 0.15) is 12.8 Å². The zero-order chi connectivity index (χ0) is 16.8. The third-order valence-electron chi connectivity index (χ3n) is 4.96. The summed E-state index contributed by atoms with van der Waals surface area (Å²) in [6.45, 7) is 8.00. The second-order valence-electron chi connectivity index (χ2n) is 6.80. The lowest BCUT2D eigenvalue weighted by atomic mass is 9.97. The maximum Gasteiger partial charge on any atom is 0.238 e. The predicted octanol–water partition coefficient (Wildman–Crippen LogP) is 1.90. The second-order valence-corrected chi connectivity index (χ2v) is 7.21. The van der Waals surface area contributed by atoms with Crippen LogP contribution in [0, 0.1) is 5.92 Å². The Morgan fingerprint density at radius 1 is 1.12 bits per heavy atom. The number of piperidine rings is 1. The summed E-state index contributed by atoms with van der Waals surface area (Å²) in [7, 11) is 0. The predicted molar refractivity (Wildman–Crippen MR) is 98.6 cm³/mol. The Kier molecular flexibility index (Phi) is 6.49. The van der Waals surface area contributed by atoms with Crippen LogP contribution in [0.3, 0.4) is 0 Å². The van der Waals surface area contributed by atoms with Crippen molar-refractivity contribution >= 4 is 23.2 Å². The standard InChI is InChI=1S/C18H27ClN4O/c19-16-3-1-2-4-17(16)21-18(24)14-23-11-9-22(10-12-23)13-15-5-7-20-8-6-15/h1-4,15,20H,5-14H2,(H,21,24). The van der Waals surface area contributed by atoms with Crippen LogP contribution in [0.4, 0.5) is 5.69 Å². The second kappa shape index (κ2) is 8.81. The number of hydrogen-bond donors (Lipinski definition) is 2. The smallest absolute Gasteiger partial charge is 0.238 e. The van der Waals surface area contributed by atoms with Gasteiger partial charge in [-0.1, -0.05) is 23.7 Å². The van der Waals surface area contributed by atoms with Gasteiger partial charge in [0.15, 0.2) is 0 Å². The van der Waals surface area contributed by atoms with E-state index in [9.17, 15) is 4.79 Å². The highest BCUT2D eigenvalue weighted by molar-refractivity contribution is 6.33. The Morgan fingerprint density at radius 3 is 2.50 bits per heavy atom. The van der Waals surface area contributed by atoms with E-state index in [4.69, 9.17) is 11.6 Å². The van der Waals surface area contributed by atoms with E-state index in [1.807, 2.05) is 18.2 Å². The van der Waals surface area contributed by atoms with Crippen LogP contribution in [-0.2, 0) is 4.79 Å². The fourth-order valence-electron chi connectivity index (χ4n) is 3.51. The molecule has 1 aromatic rings. The number of carbonyl (C=O) groups is 1. The van der Waals surface area contributed by atoms with Gasteiger partial charge in [-0.2, -0.15) is 0 Å². The molecule has 0 unspecified atom stereocenters. The zero-order valence-corrected chi connectivity index (χ0v) is 14.9. The largest absolute Gasteiger partial charge is 0.324 e. The van der Waals surface area contributed by atoms with Crippen LogP contribution in [0.5, 0.6) is 0 Å². The number of piperazine rings is 1. The fourth-order valence-corrected chi connectivity index (χ4v) is 3.70. The minimum atomic E-state index is 0.00917. The van der Waals surface area contributed by atoms with Crippen LogP contribution in [0.15, 0.2) is 24.3 Å². The summed E-state index contributed by atoms with van der Waals surface area (Å²) < 4.78 is 0. The highest BCUT2D eigenvalue weighted by Gasteiger charge is 2.22. The summed E-state index contributed by atoms with van der Waals surface area (Å²) >= 11 is 6.08. The molecule has 3 rings (SSSR count). The molecule has 2 aliphatic rings. The summed E-state index contributed by atoms with van der Waals surface area (Å²) in [5, 5.41) is 6.91. The summed E-state index contributed by atoms with van der Waals surface area (Å²) in [6.07, 6.45) is 2.58. The van der Waals surface area contributed by atoms with Gasteiger partial charge in [-0.3, -0.25) is 9.69 Å². The zero-order valence-electron chi connectivity index (χ0n) is 14.1. The van der Waals surface area contributed by atoms with Gasteiger partial charge in [-0.15, -0.1) is 0 Å². The number of amides is 1. The van der Waals surface area contributed by atoms with Gasteiger partial charge in [0, 0.05) is 32.7 Å². The van der Waals surface area contributed by atoms with Crippen molar-refractivity contribution in [1.29, 1.82) is 0 Å². The first-order chi connectivity index (χ1) is 11.7. The van der Waals surface area contributed by atoms with E-state index < -0.39 is 0 Å². The van der Waals surface area contributed by atoms with E-state index in [-0.39, 0.29) is 5.91 Å². The number of halogens is 1. The topological polar surface area (TPSA) is 47.6 Å². The molecule has 0 aromatic heterocycles. The van der Waals surface area contributed by atoms with E-state index in [0.29, 0.717) is 17.3 Å². The average molecular weight is 351 g/mol. The van der Waals surface area contributed by atoms with Gasteiger partial charge in [0.2, 0.25) is 5.91 Å². The molecule has 0 bridgehead atoms. The molecule has 2 heterocycles. The van der Waals surface area contributed by atoms with E-state index in [0.717, 1.165) is 45.2 Å². The molecular formula is C18H27ClN4O. The summed E-state index contributed by atoms with van der Waals surface area (Å²) in [4.78, 5) is 17.0. The van der Waals surface area contributed by atoms with E-state index in [1.165, 1.54) is 19.4 Å². The highest BCUT2D eigenvalue weighted by Crippen LogP contribution is 2.20. The lowest BCUT2D eigenvalue weighted by molar-refractivity contribution is -0.117. The van der Waals surface area contributed by atoms with Gasteiger partial charge >= 0.3 is 0 Å². The van der Waals surface area contributed by atoms with Crippen molar-refractivity contribution in [1.82, 2.24) is 15.1 Å². The Morgan fingerprint density at radius 2 is 1.79 bits per heavy atom. The van der Waals surface area contributed by atoms with Crippen molar-refractivity contribution in [2.24, 2.45) is 5.92 Å². The monoisotopic (exact) mass is 350 g/mol. The Labute approximate surface area is 149 Å². The van der Waals surface area contributed by atoms with Crippen LogP contribution in [0.25, 0.3) is 0 Å². The van der Waals surface area contributed by atoms with Gasteiger partial charge in [0.1, 0.15) is 0 Å².